The molecule has 0 amide bonds. The highest BCUT2D eigenvalue weighted by Crippen LogP contribution is 2.34. The molecule has 0 spiro atoms. The fourth-order valence-corrected chi connectivity index (χ4v) is 3.03. The van der Waals surface area contributed by atoms with Crippen LogP contribution in [-0.2, 0) is 6.42 Å². The molecule has 2 rings (SSSR count). The van der Waals surface area contributed by atoms with Crippen molar-refractivity contribution in [2.24, 2.45) is 5.92 Å². The van der Waals surface area contributed by atoms with E-state index in [-0.39, 0.29) is 5.54 Å². The molecule has 0 bridgehead atoms. The van der Waals surface area contributed by atoms with Gasteiger partial charge in [0.2, 0.25) is 0 Å². The molecule has 0 aromatic heterocycles. The first-order valence-electron chi connectivity index (χ1n) is 7.07. The lowest BCUT2D eigenvalue weighted by Gasteiger charge is -2.34. The molecule has 1 saturated heterocycles. The van der Waals surface area contributed by atoms with Gasteiger partial charge in [-0.25, -0.2) is 0 Å². The SMILES string of the molecule is COc1ccc(CC2(C(C)C)CCCN2)cc1OC. The van der Waals surface area contributed by atoms with Crippen LogP contribution in [0.25, 0.3) is 0 Å². The van der Waals surface area contributed by atoms with Crippen molar-refractivity contribution in [2.75, 3.05) is 20.8 Å². The lowest BCUT2D eigenvalue weighted by atomic mass is 9.80. The summed E-state index contributed by atoms with van der Waals surface area (Å²) in [5.41, 5.74) is 1.54. The zero-order valence-electron chi connectivity index (χ0n) is 12.5. The van der Waals surface area contributed by atoms with Crippen molar-refractivity contribution in [1.29, 1.82) is 0 Å². The van der Waals surface area contributed by atoms with Gasteiger partial charge >= 0.3 is 0 Å². The highest BCUT2D eigenvalue weighted by molar-refractivity contribution is 5.43. The van der Waals surface area contributed by atoms with Crippen LogP contribution in [0.1, 0.15) is 32.3 Å². The normalized spacial score (nSPS) is 22.8. The first-order valence-corrected chi connectivity index (χ1v) is 7.07. The van der Waals surface area contributed by atoms with Gasteiger partial charge in [0, 0.05) is 5.54 Å². The van der Waals surface area contributed by atoms with Crippen LogP contribution in [0.2, 0.25) is 0 Å². The second-order valence-electron chi connectivity index (χ2n) is 5.71. The number of benzene rings is 1. The third-order valence-corrected chi connectivity index (χ3v) is 4.35. The second-order valence-corrected chi connectivity index (χ2v) is 5.71. The van der Waals surface area contributed by atoms with Crippen LogP contribution in [0.15, 0.2) is 18.2 Å². The van der Waals surface area contributed by atoms with Gasteiger partial charge in [0.1, 0.15) is 0 Å². The molecule has 106 valence electrons. The lowest BCUT2D eigenvalue weighted by molar-refractivity contribution is 0.269. The molecule has 1 aliphatic heterocycles. The molecule has 0 aliphatic carbocycles. The Morgan fingerprint density at radius 3 is 2.47 bits per heavy atom. The number of nitrogens with one attached hydrogen (secondary N) is 1. The minimum atomic E-state index is 0.236. The third kappa shape index (κ3) is 2.86. The molecule has 0 radical (unpaired) electrons. The Bertz CT molecular complexity index is 423. The van der Waals surface area contributed by atoms with Gasteiger partial charge in [-0.05, 0) is 49.4 Å². The predicted molar refractivity (Wildman–Crippen MR) is 78.1 cm³/mol. The zero-order valence-corrected chi connectivity index (χ0v) is 12.5. The summed E-state index contributed by atoms with van der Waals surface area (Å²) in [5.74, 6) is 2.24. The number of rotatable bonds is 5. The summed E-state index contributed by atoms with van der Waals surface area (Å²) in [4.78, 5) is 0. The van der Waals surface area contributed by atoms with E-state index in [2.05, 4.69) is 31.3 Å². The Hall–Kier alpha value is -1.22. The summed E-state index contributed by atoms with van der Waals surface area (Å²) in [5, 5.41) is 3.71. The lowest BCUT2D eigenvalue weighted by Crippen LogP contribution is -2.46. The van der Waals surface area contributed by atoms with Gasteiger partial charge in [-0.1, -0.05) is 19.9 Å². The average molecular weight is 263 g/mol. The molecular weight excluding hydrogens is 238 g/mol. The maximum absolute atomic E-state index is 5.39. The van der Waals surface area contributed by atoms with Crippen LogP contribution in [-0.4, -0.2) is 26.3 Å². The Morgan fingerprint density at radius 1 is 1.21 bits per heavy atom. The second kappa shape index (κ2) is 5.83. The maximum Gasteiger partial charge on any atom is 0.160 e. The Kier molecular flexibility index (Phi) is 4.35. The molecular formula is C16H25NO2. The predicted octanol–water partition coefficient (Wildman–Crippen LogP) is 3.02. The average Bonchev–Trinajstić information content (AvgIpc) is 2.88. The Morgan fingerprint density at radius 2 is 1.95 bits per heavy atom. The summed E-state index contributed by atoms with van der Waals surface area (Å²) in [6.07, 6.45) is 3.56. The van der Waals surface area contributed by atoms with Crippen LogP contribution in [0, 0.1) is 5.92 Å². The highest BCUT2D eigenvalue weighted by Gasteiger charge is 2.36. The van der Waals surface area contributed by atoms with Crippen molar-refractivity contribution in [3.8, 4) is 11.5 Å². The first kappa shape index (κ1) is 14.2. The summed E-state index contributed by atoms with van der Waals surface area (Å²) >= 11 is 0. The van der Waals surface area contributed by atoms with Crippen LogP contribution in [0.3, 0.4) is 0 Å². The largest absolute Gasteiger partial charge is 0.493 e. The molecule has 1 atom stereocenters. The molecule has 1 fully saturated rings. The van der Waals surface area contributed by atoms with E-state index in [1.165, 1.54) is 18.4 Å². The van der Waals surface area contributed by atoms with E-state index in [0.29, 0.717) is 5.92 Å². The summed E-state index contributed by atoms with van der Waals surface area (Å²) in [6, 6.07) is 6.24. The van der Waals surface area contributed by atoms with Crippen molar-refractivity contribution in [2.45, 2.75) is 38.6 Å². The minimum Gasteiger partial charge on any atom is -0.493 e. The van der Waals surface area contributed by atoms with Crippen LogP contribution >= 0.6 is 0 Å². The van der Waals surface area contributed by atoms with Crippen LogP contribution in [0.4, 0.5) is 0 Å². The Labute approximate surface area is 116 Å². The van der Waals surface area contributed by atoms with Gasteiger partial charge < -0.3 is 14.8 Å². The first-order chi connectivity index (χ1) is 9.11. The van der Waals surface area contributed by atoms with E-state index < -0.39 is 0 Å². The molecule has 1 N–H and O–H groups in total. The van der Waals surface area contributed by atoms with Crippen molar-refractivity contribution < 1.29 is 9.47 Å². The molecule has 1 aromatic rings. The fourth-order valence-electron chi connectivity index (χ4n) is 3.03. The van der Waals surface area contributed by atoms with E-state index in [4.69, 9.17) is 9.47 Å². The smallest absolute Gasteiger partial charge is 0.160 e. The topological polar surface area (TPSA) is 30.5 Å². The van der Waals surface area contributed by atoms with Gasteiger partial charge in [0.15, 0.2) is 11.5 Å². The number of hydrogen-bond acceptors (Lipinski definition) is 3. The van der Waals surface area contributed by atoms with Crippen molar-refractivity contribution in [1.82, 2.24) is 5.32 Å². The molecule has 1 aromatic carbocycles. The maximum atomic E-state index is 5.39. The molecule has 1 heterocycles. The van der Waals surface area contributed by atoms with E-state index in [9.17, 15) is 0 Å². The monoisotopic (exact) mass is 263 g/mol. The van der Waals surface area contributed by atoms with Gasteiger partial charge in [-0.15, -0.1) is 0 Å². The number of methoxy groups -OCH3 is 2. The number of hydrogen-bond donors (Lipinski definition) is 1. The molecule has 19 heavy (non-hydrogen) atoms. The highest BCUT2D eigenvalue weighted by atomic mass is 16.5. The minimum absolute atomic E-state index is 0.236. The van der Waals surface area contributed by atoms with Gasteiger partial charge in [-0.2, -0.15) is 0 Å². The van der Waals surface area contributed by atoms with E-state index >= 15 is 0 Å². The molecule has 3 nitrogen and oxygen atoms in total. The van der Waals surface area contributed by atoms with Crippen LogP contribution in [0.5, 0.6) is 11.5 Å². The standard InChI is InChI=1S/C16H25NO2/c1-12(2)16(8-5-9-17-16)11-13-6-7-14(18-3)15(10-13)19-4/h6-7,10,12,17H,5,8-9,11H2,1-4H3. The quantitative estimate of drug-likeness (QED) is 0.885. The molecule has 0 saturated carbocycles. The summed E-state index contributed by atoms with van der Waals surface area (Å²) < 4.78 is 10.7. The molecule has 3 heteroatoms. The molecule has 1 unspecified atom stereocenters. The zero-order chi connectivity index (χ0) is 13.9. The fraction of sp³-hybridized carbons (Fsp3) is 0.625. The summed E-state index contributed by atoms with van der Waals surface area (Å²) in [6.45, 7) is 5.74. The van der Waals surface area contributed by atoms with E-state index in [1.807, 2.05) is 6.07 Å². The van der Waals surface area contributed by atoms with E-state index in [1.54, 1.807) is 14.2 Å². The number of ether oxygens (including phenoxy) is 2. The summed E-state index contributed by atoms with van der Waals surface area (Å²) in [7, 11) is 3.36. The van der Waals surface area contributed by atoms with Gasteiger partial charge in [-0.3, -0.25) is 0 Å². The van der Waals surface area contributed by atoms with Crippen molar-refractivity contribution >= 4 is 0 Å². The van der Waals surface area contributed by atoms with E-state index in [0.717, 1.165) is 24.5 Å². The van der Waals surface area contributed by atoms with Crippen molar-refractivity contribution in [3.63, 3.8) is 0 Å². The van der Waals surface area contributed by atoms with Gasteiger partial charge in [0.25, 0.3) is 0 Å². The third-order valence-electron chi connectivity index (χ3n) is 4.35. The van der Waals surface area contributed by atoms with Gasteiger partial charge in [0.05, 0.1) is 14.2 Å². The Balaban J connectivity index is 2.22. The van der Waals surface area contributed by atoms with Crippen molar-refractivity contribution in [3.05, 3.63) is 23.8 Å². The molecule has 1 aliphatic rings. The van der Waals surface area contributed by atoms with Crippen LogP contribution < -0.4 is 14.8 Å².